The molecule has 140 valence electrons. The van der Waals surface area contributed by atoms with Crippen molar-refractivity contribution in [2.24, 2.45) is 5.41 Å². The second kappa shape index (κ2) is 5.86. The fourth-order valence-corrected chi connectivity index (χ4v) is 4.36. The molecule has 0 atom stereocenters. The molecule has 1 aromatic heterocycles. The lowest BCUT2D eigenvalue weighted by Gasteiger charge is -2.48. The van der Waals surface area contributed by atoms with E-state index in [0.29, 0.717) is 17.1 Å². The fourth-order valence-electron chi connectivity index (χ4n) is 4.36. The van der Waals surface area contributed by atoms with Gasteiger partial charge in [-0.15, -0.1) is 0 Å². The van der Waals surface area contributed by atoms with E-state index >= 15 is 0 Å². The van der Waals surface area contributed by atoms with E-state index in [-0.39, 0.29) is 12.2 Å². The second-order valence-electron chi connectivity index (χ2n) is 8.39. The van der Waals surface area contributed by atoms with Crippen molar-refractivity contribution in [2.45, 2.75) is 51.5 Å². The van der Waals surface area contributed by atoms with E-state index in [1.807, 2.05) is 13.8 Å². The molecule has 3 aliphatic rings. The first-order valence-electron chi connectivity index (χ1n) is 9.28. The van der Waals surface area contributed by atoms with Crippen LogP contribution in [0.4, 0.5) is 16.4 Å². The van der Waals surface area contributed by atoms with Crippen molar-refractivity contribution in [3.8, 4) is 0 Å². The highest BCUT2D eigenvalue weighted by molar-refractivity contribution is 5.95. The summed E-state index contributed by atoms with van der Waals surface area (Å²) < 4.78 is 5.16. The van der Waals surface area contributed by atoms with Crippen LogP contribution in [-0.4, -0.2) is 47.4 Å². The normalized spacial score (nSPS) is 23.7. The maximum Gasteiger partial charge on any atom is 0.416 e. The van der Waals surface area contributed by atoms with Crippen molar-refractivity contribution in [2.75, 3.05) is 29.5 Å². The number of anilines is 2. The van der Waals surface area contributed by atoms with Crippen LogP contribution < -0.4 is 9.80 Å². The molecule has 3 heterocycles. The molecule has 1 amide bonds. The van der Waals surface area contributed by atoms with E-state index in [9.17, 15) is 14.7 Å². The molecule has 7 heteroatoms. The van der Waals surface area contributed by atoms with Crippen molar-refractivity contribution in [1.29, 1.82) is 0 Å². The Labute approximate surface area is 152 Å². The zero-order valence-corrected chi connectivity index (χ0v) is 15.3. The summed E-state index contributed by atoms with van der Waals surface area (Å²) in [6, 6.07) is 3.15. The number of hydrogen-bond acceptors (Lipinski definition) is 5. The maximum absolute atomic E-state index is 12.2. The number of nitrogens with zero attached hydrogens (tertiary/aromatic N) is 3. The van der Waals surface area contributed by atoms with Crippen LogP contribution in [0.3, 0.4) is 0 Å². The molecule has 0 radical (unpaired) electrons. The minimum Gasteiger partial charge on any atom is -0.478 e. The number of carbonyl (C=O) groups is 2. The van der Waals surface area contributed by atoms with E-state index in [2.05, 4.69) is 9.88 Å². The minimum absolute atomic E-state index is 0.184. The Kier molecular flexibility index (Phi) is 3.86. The standard InChI is InChI=1S/C19H25N3O4/c1-18(2)12-26-17(25)22(18)14-5-4-13(16(23)24)15(20-14)21-10-8-19(9-11-21)6-3-7-19/h4-5H,3,6-12H2,1-2H3,(H,23,24). The number of piperidine rings is 1. The average Bonchev–Trinajstić information content (AvgIpc) is 2.86. The number of ether oxygens (including phenoxy) is 1. The first-order chi connectivity index (χ1) is 12.3. The molecule has 3 fully saturated rings. The number of pyridine rings is 1. The maximum atomic E-state index is 12.2. The van der Waals surface area contributed by atoms with Gasteiger partial charge in [0.05, 0.1) is 5.54 Å². The minimum atomic E-state index is -0.994. The zero-order valence-electron chi connectivity index (χ0n) is 15.3. The number of carboxylic acids is 1. The van der Waals surface area contributed by atoms with Crippen LogP contribution in [0.5, 0.6) is 0 Å². The highest BCUT2D eigenvalue weighted by Gasteiger charge is 2.43. The van der Waals surface area contributed by atoms with Gasteiger partial charge in [0.25, 0.3) is 0 Å². The Morgan fingerprint density at radius 1 is 1.19 bits per heavy atom. The van der Waals surface area contributed by atoms with E-state index < -0.39 is 17.6 Å². The summed E-state index contributed by atoms with van der Waals surface area (Å²) in [7, 11) is 0. The predicted molar refractivity (Wildman–Crippen MR) is 96.8 cm³/mol. The monoisotopic (exact) mass is 359 g/mol. The third-order valence-corrected chi connectivity index (χ3v) is 6.19. The lowest BCUT2D eigenvalue weighted by atomic mass is 9.63. The number of carboxylic acid groups (broad SMARTS) is 1. The third kappa shape index (κ3) is 2.70. The van der Waals surface area contributed by atoms with Gasteiger partial charge in [0.1, 0.15) is 23.8 Å². The Balaban J connectivity index is 1.66. The number of hydrogen-bond donors (Lipinski definition) is 1. The van der Waals surface area contributed by atoms with Gasteiger partial charge in [-0.1, -0.05) is 6.42 Å². The quantitative estimate of drug-likeness (QED) is 0.892. The molecule has 7 nitrogen and oxygen atoms in total. The summed E-state index contributed by atoms with van der Waals surface area (Å²) >= 11 is 0. The first kappa shape index (κ1) is 17.1. The third-order valence-electron chi connectivity index (χ3n) is 6.19. The van der Waals surface area contributed by atoms with Crippen molar-refractivity contribution < 1.29 is 19.4 Å². The molecule has 4 rings (SSSR count). The van der Waals surface area contributed by atoms with Gasteiger partial charge in [0, 0.05) is 13.1 Å². The van der Waals surface area contributed by atoms with Crippen molar-refractivity contribution in [3.63, 3.8) is 0 Å². The number of carbonyl (C=O) groups excluding carboxylic acids is 1. The highest BCUT2D eigenvalue weighted by atomic mass is 16.6. The lowest BCUT2D eigenvalue weighted by Crippen LogP contribution is -2.45. The number of aromatic carboxylic acids is 1. The topological polar surface area (TPSA) is 83.0 Å². The molecular formula is C19H25N3O4. The van der Waals surface area contributed by atoms with Crippen molar-refractivity contribution in [1.82, 2.24) is 4.98 Å². The molecule has 1 saturated carbocycles. The summed E-state index contributed by atoms with van der Waals surface area (Å²) in [5.41, 5.74) is 0.145. The Bertz CT molecular complexity index is 747. The average molecular weight is 359 g/mol. The highest BCUT2D eigenvalue weighted by Crippen LogP contribution is 2.49. The second-order valence-corrected chi connectivity index (χ2v) is 8.39. The first-order valence-corrected chi connectivity index (χ1v) is 9.28. The number of cyclic esters (lactones) is 1. The van der Waals surface area contributed by atoms with Crippen LogP contribution in [-0.2, 0) is 4.74 Å². The van der Waals surface area contributed by atoms with E-state index in [1.165, 1.54) is 24.2 Å². The molecule has 1 spiro atoms. The van der Waals surface area contributed by atoms with Gasteiger partial charge < -0.3 is 14.7 Å². The van der Waals surface area contributed by atoms with Gasteiger partial charge in [0.15, 0.2) is 0 Å². The Morgan fingerprint density at radius 3 is 2.38 bits per heavy atom. The molecular weight excluding hydrogens is 334 g/mol. The Morgan fingerprint density at radius 2 is 1.88 bits per heavy atom. The molecule has 0 unspecified atom stereocenters. The molecule has 1 aromatic rings. The fraction of sp³-hybridized carbons (Fsp3) is 0.632. The Hall–Kier alpha value is -2.31. The number of amides is 1. The van der Waals surface area contributed by atoms with Crippen LogP contribution >= 0.6 is 0 Å². The molecule has 26 heavy (non-hydrogen) atoms. The number of aromatic nitrogens is 1. The van der Waals surface area contributed by atoms with Crippen LogP contribution in [0.1, 0.15) is 56.3 Å². The zero-order chi connectivity index (χ0) is 18.5. The molecule has 2 saturated heterocycles. The summed E-state index contributed by atoms with van der Waals surface area (Å²) in [6.45, 7) is 5.72. The smallest absolute Gasteiger partial charge is 0.416 e. The van der Waals surface area contributed by atoms with Gasteiger partial charge in [0.2, 0.25) is 0 Å². The van der Waals surface area contributed by atoms with Crippen LogP contribution in [0.15, 0.2) is 12.1 Å². The molecule has 0 aromatic carbocycles. The van der Waals surface area contributed by atoms with Crippen molar-refractivity contribution in [3.05, 3.63) is 17.7 Å². The van der Waals surface area contributed by atoms with Crippen LogP contribution in [0, 0.1) is 5.41 Å². The number of rotatable bonds is 3. The summed E-state index contributed by atoms with van der Waals surface area (Å²) in [5, 5.41) is 9.60. The summed E-state index contributed by atoms with van der Waals surface area (Å²) in [4.78, 5) is 32.1. The lowest BCUT2D eigenvalue weighted by molar-refractivity contribution is 0.0696. The molecule has 0 bridgehead atoms. The SMILES string of the molecule is CC1(C)COC(=O)N1c1ccc(C(=O)O)c(N2CCC3(CCC3)CC2)n1. The van der Waals surface area contributed by atoms with Crippen molar-refractivity contribution >= 4 is 23.7 Å². The van der Waals surface area contributed by atoms with Gasteiger partial charge in [-0.3, -0.25) is 4.90 Å². The summed E-state index contributed by atoms with van der Waals surface area (Å²) in [6.07, 6.45) is 5.59. The van der Waals surface area contributed by atoms with Gasteiger partial charge in [-0.2, -0.15) is 0 Å². The largest absolute Gasteiger partial charge is 0.478 e. The molecule has 1 N–H and O–H groups in total. The van der Waals surface area contributed by atoms with E-state index in [0.717, 1.165) is 25.9 Å². The molecule has 2 aliphatic heterocycles. The predicted octanol–water partition coefficient (Wildman–Crippen LogP) is 3.29. The van der Waals surface area contributed by atoms with Gasteiger partial charge >= 0.3 is 12.1 Å². The van der Waals surface area contributed by atoms with Gasteiger partial charge in [-0.05, 0) is 57.1 Å². The van der Waals surface area contributed by atoms with Crippen LogP contribution in [0.25, 0.3) is 0 Å². The van der Waals surface area contributed by atoms with Crippen LogP contribution in [0.2, 0.25) is 0 Å². The summed E-state index contributed by atoms with van der Waals surface area (Å²) in [5.74, 6) is -0.0904. The van der Waals surface area contributed by atoms with E-state index in [1.54, 1.807) is 12.1 Å². The molecule has 1 aliphatic carbocycles. The van der Waals surface area contributed by atoms with E-state index in [4.69, 9.17) is 4.74 Å². The van der Waals surface area contributed by atoms with Gasteiger partial charge in [-0.25, -0.2) is 14.6 Å².